The zero-order valence-corrected chi connectivity index (χ0v) is 12.9. The Bertz CT molecular complexity index is 755. The quantitative estimate of drug-likeness (QED) is 0.581. The fourth-order valence-corrected chi connectivity index (χ4v) is 2.62. The molecule has 3 aromatic rings. The normalized spacial score (nSPS) is 10.7. The van der Waals surface area contributed by atoms with Crippen molar-refractivity contribution < 1.29 is 4.74 Å². The number of fused-ring (bicyclic) bond motifs is 1. The van der Waals surface area contributed by atoms with E-state index in [1.54, 1.807) is 6.20 Å². The van der Waals surface area contributed by atoms with Gasteiger partial charge in [0, 0.05) is 21.6 Å². The van der Waals surface area contributed by atoms with Gasteiger partial charge in [0.05, 0.1) is 5.88 Å². The summed E-state index contributed by atoms with van der Waals surface area (Å²) < 4.78 is 6.84. The van der Waals surface area contributed by atoms with E-state index < -0.39 is 0 Å². The molecule has 0 radical (unpaired) electrons. The van der Waals surface area contributed by atoms with Crippen molar-refractivity contribution in [3.05, 3.63) is 64.8 Å². The van der Waals surface area contributed by atoms with Crippen LogP contribution in [0.1, 0.15) is 5.56 Å². The molecule has 0 bridgehead atoms. The lowest BCUT2D eigenvalue weighted by molar-refractivity contribution is 0.463. The summed E-state index contributed by atoms with van der Waals surface area (Å²) in [6.45, 7) is 0. The van der Waals surface area contributed by atoms with Crippen LogP contribution in [0.25, 0.3) is 10.8 Å². The zero-order valence-electron chi connectivity index (χ0n) is 10.5. The van der Waals surface area contributed by atoms with Gasteiger partial charge in [-0.25, -0.2) is 4.98 Å². The average molecular weight is 349 g/mol. The number of rotatable bonds is 3. The maximum Gasteiger partial charge on any atom is 0.223 e. The Labute approximate surface area is 130 Å². The number of benzene rings is 2. The number of hydrogen-bond donors (Lipinski definition) is 0. The van der Waals surface area contributed by atoms with Crippen molar-refractivity contribution in [1.29, 1.82) is 0 Å². The molecule has 20 heavy (non-hydrogen) atoms. The third-order valence-corrected chi connectivity index (χ3v) is 3.71. The second kappa shape index (κ2) is 5.81. The Morgan fingerprint density at radius 2 is 1.90 bits per heavy atom. The van der Waals surface area contributed by atoms with Crippen molar-refractivity contribution in [2.45, 2.75) is 5.88 Å². The maximum atomic E-state index is 5.95. The maximum absolute atomic E-state index is 5.95. The molecule has 0 spiro atoms. The minimum absolute atomic E-state index is 0.354. The van der Waals surface area contributed by atoms with Crippen molar-refractivity contribution >= 4 is 38.3 Å². The van der Waals surface area contributed by atoms with Crippen molar-refractivity contribution in [1.82, 2.24) is 4.98 Å². The molecule has 4 heteroatoms. The highest BCUT2D eigenvalue weighted by atomic mass is 79.9. The highest BCUT2D eigenvalue weighted by Crippen LogP contribution is 2.31. The first-order chi connectivity index (χ1) is 9.78. The van der Waals surface area contributed by atoms with Gasteiger partial charge in [0.2, 0.25) is 5.88 Å². The molecular formula is C16H11BrClNO. The molecule has 1 aromatic heterocycles. The van der Waals surface area contributed by atoms with Crippen LogP contribution in [0.5, 0.6) is 11.6 Å². The van der Waals surface area contributed by atoms with Crippen LogP contribution in [-0.4, -0.2) is 4.98 Å². The molecule has 0 saturated heterocycles. The number of ether oxygens (including phenoxy) is 1. The van der Waals surface area contributed by atoms with Crippen LogP contribution in [0.2, 0.25) is 0 Å². The highest BCUT2D eigenvalue weighted by molar-refractivity contribution is 9.10. The van der Waals surface area contributed by atoms with Crippen molar-refractivity contribution in [2.24, 2.45) is 0 Å². The van der Waals surface area contributed by atoms with E-state index in [0.717, 1.165) is 26.6 Å². The first kappa shape index (κ1) is 13.4. The van der Waals surface area contributed by atoms with Gasteiger partial charge in [-0.15, -0.1) is 11.6 Å². The van der Waals surface area contributed by atoms with E-state index in [4.69, 9.17) is 16.3 Å². The summed E-state index contributed by atoms with van der Waals surface area (Å²) in [5, 5.41) is 2.19. The first-order valence-electron chi connectivity index (χ1n) is 6.14. The lowest BCUT2D eigenvalue weighted by Crippen LogP contribution is -1.93. The number of alkyl halides is 1. The molecule has 0 N–H and O–H groups in total. The first-order valence-corrected chi connectivity index (χ1v) is 7.46. The van der Waals surface area contributed by atoms with E-state index >= 15 is 0 Å². The number of pyridine rings is 1. The molecule has 0 atom stereocenters. The molecule has 0 saturated carbocycles. The SMILES string of the molecule is ClCc1cc(Br)cnc1Oc1cccc2ccccc12. The van der Waals surface area contributed by atoms with E-state index in [1.165, 1.54) is 0 Å². The van der Waals surface area contributed by atoms with Crippen molar-refractivity contribution in [2.75, 3.05) is 0 Å². The number of hydrogen-bond acceptors (Lipinski definition) is 2. The minimum atomic E-state index is 0.354. The van der Waals surface area contributed by atoms with Crippen LogP contribution in [0.3, 0.4) is 0 Å². The molecule has 0 fully saturated rings. The number of aromatic nitrogens is 1. The zero-order chi connectivity index (χ0) is 13.9. The molecule has 0 aliphatic rings. The van der Waals surface area contributed by atoms with Gasteiger partial charge in [-0.2, -0.15) is 0 Å². The molecule has 3 rings (SSSR count). The lowest BCUT2D eigenvalue weighted by Gasteiger charge is -2.11. The molecule has 0 unspecified atom stereocenters. The fourth-order valence-electron chi connectivity index (χ4n) is 2.05. The summed E-state index contributed by atoms with van der Waals surface area (Å²) in [4.78, 5) is 4.30. The standard InChI is InChI=1S/C16H11BrClNO/c17-13-8-12(9-18)16(19-10-13)20-15-7-3-5-11-4-1-2-6-14(11)15/h1-8,10H,9H2. The Hall–Kier alpha value is -1.58. The van der Waals surface area contributed by atoms with Crippen LogP contribution in [-0.2, 0) is 5.88 Å². The number of halogens is 2. The van der Waals surface area contributed by atoms with Gasteiger partial charge in [0.15, 0.2) is 0 Å². The van der Waals surface area contributed by atoms with Crippen LogP contribution in [0, 0.1) is 0 Å². The van der Waals surface area contributed by atoms with E-state index in [1.807, 2.05) is 36.4 Å². The van der Waals surface area contributed by atoms with E-state index in [-0.39, 0.29) is 0 Å². The van der Waals surface area contributed by atoms with Gasteiger partial charge in [-0.1, -0.05) is 36.4 Å². The van der Waals surface area contributed by atoms with E-state index in [0.29, 0.717) is 11.8 Å². The van der Waals surface area contributed by atoms with E-state index in [2.05, 4.69) is 33.0 Å². The predicted molar refractivity (Wildman–Crippen MR) is 85.5 cm³/mol. The predicted octanol–water partition coefficient (Wildman–Crippen LogP) is 5.53. The molecule has 100 valence electrons. The van der Waals surface area contributed by atoms with Crippen LogP contribution >= 0.6 is 27.5 Å². The van der Waals surface area contributed by atoms with Crippen molar-refractivity contribution in [3.8, 4) is 11.6 Å². The van der Waals surface area contributed by atoms with Crippen molar-refractivity contribution in [3.63, 3.8) is 0 Å². The average Bonchev–Trinajstić information content (AvgIpc) is 2.49. The lowest BCUT2D eigenvalue weighted by atomic mass is 10.1. The largest absolute Gasteiger partial charge is 0.438 e. The number of nitrogens with zero attached hydrogens (tertiary/aromatic N) is 1. The van der Waals surface area contributed by atoms with Gasteiger partial charge in [-0.05, 0) is 33.4 Å². The molecule has 2 aromatic carbocycles. The summed E-state index contributed by atoms with van der Waals surface area (Å²) >= 11 is 9.33. The molecule has 0 aliphatic heterocycles. The highest BCUT2D eigenvalue weighted by Gasteiger charge is 2.09. The molecule has 0 aliphatic carbocycles. The Morgan fingerprint density at radius 3 is 2.75 bits per heavy atom. The second-order valence-corrected chi connectivity index (χ2v) is 5.51. The monoisotopic (exact) mass is 347 g/mol. The summed E-state index contributed by atoms with van der Waals surface area (Å²) in [7, 11) is 0. The summed E-state index contributed by atoms with van der Waals surface area (Å²) in [6, 6.07) is 16.0. The Kier molecular flexibility index (Phi) is 3.90. The third kappa shape index (κ3) is 2.65. The van der Waals surface area contributed by atoms with Gasteiger partial charge >= 0.3 is 0 Å². The minimum Gasteiger partial charge on any atom is -0.438 e. The molecular weight excluding hydrogens is 338 g/mol. The molecule has 2 nitrogen and oxygen atoms in total. The Balaban J connectivity index is 2.05. The van der Waals surface area contributed by atoms with E-state index in [9.17, 15) is 0 Å². The van der Waals surface area contributed by atoms with Gasteiger partial charge in [0.1, 0.15) is 5.75 Å². The van der Waals surface area contributed by atoms with Gasteiger partial charge in [0.25, 0.3) is 0 Å². The molecule has 1 heterocycles. The van der Waals surface area contributed by atoms with Crippen LogP contribution in [0.4, 0.5) is 0 Å². The van der Waals surface area contributed by atoms with Crippen LogP contribution < -0.4 is 4.74 Å². The Morgan fingerprint density at radius 1 is 1.10 bits per heavy atom. The van der Waals surface area contributed by atoms with Gasteiger partial charge < -0.3 is 4.74 Å². The van der Waals surface area contributed by atoms with Gasteiger partial charge in [-0.3, -0.25) is 0 Å². The fraction of sp³-hybridized carbons (Fsp3) is 0.0625. The summed E-state index contributed by atoms with van der Waals surface area (Å²) in [5.74, 6) is 1.68. The smallest absolute Gasteiger partial charge is 0.223 e. The third-order valence-electron chi connectivity index (χ3n) is 2.99. The second-order valence-electron chi connectivity index (χ2n) is 4.33. The topological polar surface area (TPSA) is 22.1 Å². The summed E-state index contributed by atoms with van der Waals surface area (Å²) in [6.07, 6.45) is 1.70. The van der Waals surface area contributed by atoms with Crippen LogP contribution in [0.15, 0.2) is 59.2 Å². The molecule has 0 amide bonds. The summed E-state index contributed by atoms with van der Waals surface area (Å²) in [5.41, 5.74) is 0.856.